The monoisotopic (exact) mass is 291 g/mol. The summed E-state index contributed by atoms with van der Waals surface area (Å²) in [6, 6.07) is 5.70. The van der Waals surface area contributed by atoms with Gasteiger partial charge in [0.2, 0.25) is 5.91 Å². The second-order valence-electron chi connectivity index (χ2n) is 5.66. The number of benzene rings is 1. The van der Waals surface area contributed by atoms with Crippen molar-refractivity contribution in [3.05, 3.63) is 23.8 Å². The van der Waals surface area contributed by atoms with Gasteiger partial charge in [0.05, 0.1) is 14.2 Å². The van der Waals surface area contributed by atoms with Gasteiger partial charge in [0.1, 0.15) is 0 Å². The predicted octanol–water partition coefficient (Wildman–Crippen LogP) is 3.29. The largest absolute Gasteiger partial charge is 0.493 e. The van der Waals surface area contributed by atoms with E-state index in [1.807, 2.05) is 18.2 Å². The summed E-state index contributed by atoms with van der Waals surface area (Å²) < 4.78 is 10.5. The average Bonchev–Trinajstić information content (AvgIpc) is 3.04. The number of carbonyl (C=O) groups is 1. The van der Waals surface area contributed by atoms with E-state index in [1.165, 1.54) is 25.7 Å². The Kier molecular flexibility index (Phi) is 5.90. The van der Waals surface area contributed by atoms with Crippen LogP contribution in [0.2, 0.25) is 0 Å². The molecule has 0 radical (unpaired) electrons. The van der Waals surface area contributed by atoms with Crippen LogP contribution in [-0.2, 0) is 11.3 Å². The van der Waals surface area contributed by atoms with Crippen molar-refractivity contribution in [3.63, 3.8) is 0 Å². The number of hydrogen-bond acceptors (Lipinski definition) is 3. The number of rotatable bonds is 7. The van der Waals surface area contributed by atoms with E-state index in [4.69, 9.17) is 9.47 Å². The molecule has 21 heavy (non-hydrogen) atoms. The molecule has 0 aromatic heterocycles. The van der Waals surface area contributed by atoms with Crippen molar-refractivity contribution in [2.75, 3.05) is 14.2 Å². The predicted molar refractivity (Wildman–Crippen MR) is 82.6 cm³/mol. The molecule has 116 valence electrons. The minimum absolute atomic E-state index is 0.136. The second kappa shape index (κ2) is 7.91. The number of hydrogen-bond donors (Lipinski definition) is 1. The maximum Gasteiger partial charge on any atom is 0.220 e. The number of methoxy groups -OCH3 is 2. The molecule has 1 aliphatic carbocycles. The summed E-state index contributed by atoms with van der Waals surface area (Å²) in [7, 11) is 3.23. The van der Waals surface area contributed by atoms with E-state index >= 15 is 0 Å². The molecule has 1 amide bonds. The van der Waals surface area contributed by atoms with Crippen LogP contribution >= 0.6 is 0 Å². The van der Waals surface area contributed by atoms with Gasteiger partial charge in [0.15, 0.2) is 11.5 Å². The Labute approximate surface area is 126 Å². The highest BCUT2D eigenvalue weighted by atomic mass is 16.5. The first-order chi connectivity index (χ1) is 10.2. The molecular formula is C17H25NO3. The molecule has 1 N–H and O–H groups in total. The average molecular weight is 291 g/mol. The third kappa shape index (κ3) is 4.66. The highest BCUT2D eigenvalue weighted by Gasteiger charge is 2.16. The van der Waals surface area contributed by atoms with E-state index in [2.05, 4.69) is 5.32 Å². The summed E-state index contributed by atoms with van der Waals surface area (Å²) >= 11 is 0. The molecule has 0 heterocycles. The Hall–Kier alpha value is -1.71. The lowest BCUT2D eigenvalue weighted by Crippen LogP contribution is -2.23. The van der Waals surface area contributed by atoms with Gasteiger partial charge in [-0.3, -0.25) is 4.79 Å². The van der Waals surface area contributed by atoms with E-state index in [0.717, 1.165) is 17.9 Å². The number of amides is 1. The first kappa shape index (κ1) is 15.7. The van der Waals surface area contributed by atoms with Gasteiger partial charge in [-0.1, -0.05) is 31.7 Å². The van der Waals surface area contributed by atoms with E-state index in [0.29, 0.717) is 24.5 Å². The first-order valence-electron chi connectivity index (χ1n) is 7.70. The zero-order valence-corrected chi connectivity index (χ0v) is 13.0. The van der Waals surface area contributed by atoms with Gasteiger partial charge in [-0.05, 0) is 30.0 Å². The van der Waals surface area contributed by atoms with Gasteiger partial charge in [-0.25, -0.2) is 0 Å². The van der Waals surface area contributed by atoms with Crippen molar-refractivity contribution in [2.24, 2.45) is 5.92 Å². The lowest BCUT2D eigenvalue weighted by Gasteiger charge is -2.11. The molecule has 0 aliphatic heterocycles. The molecule has 1 saturated carbocycles. The molecule has 1 aromatic rings. The SMILES string of the molecule is COc1ccc(CNC(=O)CCC2CCCC2)cc1OC. The van der Waals surface area contributed by atoms with Gasteiger partial charge in [0, 0.05) is 13.0 Å². The Morgan fingerprint density at radius 2 is 1.90 bits per heavy atom. The van der Waals surface area contributed by atoms with E-state index in [1.54, 1.807) is 14.2 Å². The summed E-state index contributed by atoms with van der Waals surface area (Å²) in [6.07, 6.45) is 6.91. The zero-order valence-electron chi connectivity index (χ0n) is 13.0. The standard InChI is InChI=1S/C17H25NO3/c1-20-15-9-7-14(11-16(15)21-2)12-18-17(19)10-8-13-5-3-4-6-13/h7,9,11,13H,3-6,8,10,12H2,1-2H3,(H,18,19). The molecule has 1 aliphatic rings. The molecule has 0 unspecified atom stereocenters. The van der Waals surface area contributed by atoms with Crippen molar-refractivity contribution in [1.29, 1.82) is 0 Å². The lowest BCUT2D eigenvalue weighted by atomic mass is 10.0. The topological polar surface area (TPSA) is 47.6 Å². The molecule has 0 spiro atoms. The van der Waals surface area contributed by atoms with Gasteiger partial charge in [0.25, 0.3) is 0 Å². The van der Waals surface area contributed by atoms with Crippen molar-refractivity contribution in [1.82, 2.24) is 5.32 Å². The Balaban J connectivity index is 1.77. The molecule has 1 aromatic carbocycles. The van der Waals surface area contributed by atoms with Crippen molar-refractivity contribution in [2.45, 2.75) is 45.1 Å². The molecular weight excluding hydrogens is 266 g/mol. The van der Waals surface area contributed by atoms with Crippen molar-refractivity contribution < 1.29 is 14.3 Å². The molecule has 1 fully saturated rings. The minimum atomic E-state index is 0.136. The van der Waals surface area contributed by atoms with Crippen molar-refractivity contribution in [3.8, 4) is 11.5 Å². The van der Waals surface area contributed by atoms with Gasteiger partial charge in [-0.2, -0.15) is 0 Å². The highest BCUT2D eigenvalue weighted by Crippen LogP contribution is 2.29. The van der Waals surface area contributed by atoms with Crippen LogP contribution in [0, 0.1) is 5.92 Å². The first-order valence-corrected chi connectivity index (χ1v) is 7.70. The third-order valence-electron chi connectivity index (χ3n) is 4.19. The van der Waals surface area contributed by atoms with E-state index in [-0.39, 0.29) is 5.91 Å². The molecule has 4 heteroatoms. The zero-order chi connectivity index (χ0) is 15.1. The maximum absolute atomic E-state index is 11.9. The normalized spacial score (nSPS) is 15.0. The fourth-order valence-corrected chi connectivity index (χ4v) is 2.91. The summed E-state index contributed by atoms with van der Waals surface area (Å²) in [6.45, 7) is 0.532. The molecule has 4 nitrogen and oxygen atoms in total. The Morgan fingerprint density at radius 1 is 1.19 bits per heavy atom. The van der Waals surface area contributed by atoms with Crippen LogP contribution in [0.1, 0.15) is 44.1 Å². The highest BCUT2D eigenvalue weighted by molar-refractivity contribution is 5.75. The summed E-state index contributed by atoms with van der Waals surface area (Å²) in [4.78, 5) is 11.9. The molecule has 0 atom stereocenters. The summed E-state index contributed by atoms with van der Waals surface area (Å²) in [5.74, 6) is 2.29. The van der Waals surface area contributed by atoms with Gasteiger partial charge >= 0.3 is 0 Å². The fourth-order valence-electron chi connectivity index (χ4n) is 2.91. The third-order valence-corrected chi connectivity index (χ3v) is 4.19. The Morgan fingerprint density at radius 3 is 2.57 bits per heavy atom. The van der Waals surface area contributed by atoms with Crippen LogP contribution in [0.5, 0.6) is 11.5 Å². The quantitative estimate of drug-likeness (QED) is 0.838. The van der Waals surface area contributed by atoms with Crippen LogP contribution in [0.3, 0.4) is 0 Å². The molecule has 0 bridgehead atoms. The van der Waals surface area contributed by atoms with E-state index < -0.39 is 0 Å². The smallest absolute Gasteiger partial charge is 0.220 e. The number of ether oxygens (including phenoxy) is 2. The van der Waals surface area contributed by atoms with Gasteiger partial charge in [-0.15, -0.1) is 0 Å². The summed E-state index contributed by atoms with van der Waals surface area (Å²) in [5, 5.41) is 2.98. The van der Waals surface area contributed by atoms with Crippen LogP contribution in [-0.4, -0.2) is 20.1 Å². The van der Waals surface area contributed by atoms with Crippen LogP contribution in [0.4, 0.5) is 0 Å². The van der Waals surface area contributed by atoms with Gasteiger partial charge < -0.3 is 14.8 Å². The summed E-state index contributed by atoms with van der Waals surface area (Å²) in [5.41, 5.74) is 1.02. The molecule has 0 saturated heterocycles. The number of nitrogens with one attached hydrogen (secondary N) is 1. The Bertz CT molecular complexity index is 467. The maximum atomic E-state index is 11.9. The van der Waals surface area contributed by atoms with Crippen molar-refractivity contribution >= 4 is 5.91 Å². The molecule has 2 rings (SSSR count). The minimum Gasteiger partial charge on any atom is -0.493 e. The number of carbonyl (C=O) groups excluding carboxylic acids is 1. The van der Waals surface area contributed by atoms with Crippen LogP contribution in [0.15, 0.2) is 18.2 Å². The lowest BCUT2D eigenvalue weighted by molar-refractivity contribution is -0.121. The van der Waals surface area contributed by atoms with Crippen LogP contribution in [0.25, 0.3) is 0 Å². The second-order valence-corrected chi connectivity index (χ2v) is 5.66. The van der Waals surface area contributed by atoms with E-state index in [9.17, 15) is 4.79 Å². The fraction of sp³-hybridized carbons (Fsp3) is 0.588. The van der Waals surface area contributed by atoms with Crippen LogP contribution < -0.4 is 14.8 Å².